The molecule has 1 aromatic rings. The summed E-state index contributed by atoms with van der Waals surface area (Å²) in [6.07, 6.45) is 2.96. The smallest absolute Gasteiger partial charge is 0.321 e. The number of aromatic nitrogens is 2. The molecular formula is C8H13N5O2. The lowest BCUT2D eigenvalue weighted by atomic mass is 10.3. The number of carbonyl (C=O) groups excluding carboxylic acids is 2. The fourth-order valence-electron chi connectivity index (χ4n) is 0.979. The van der Waals surface area contributed by atoms with E-state index >= 15 is 0 Å². The lowest BCUT2D eigenvalue weighted by Crippen LogP contribution is -2.40. The molecule has 1 atom stereocenters. The van der Waals surface area contributed by atoms with Gasteiger partial charge in [-0.1, -0.05) is 0 Å². The third-order valence-corrected chi connectivity index (χ3v) is 1.91. The van der Waals surface area contributed by atoms with E-state index in [1.807, 2.05) is 0 Å². The van der Waals surface area contributed by atoms with Crippen LogP contribution < -0.4 is 16.4 Å². The number of anilines is 1. The first-order chi connectivity index (χ1) is 7.04. The van der Waals surface area contributed by atoms with Crippen LogP contribution >= 0.6 is 0 Å². The van der Waals surface area contributed by atoms with Gasteiger partial charge in [-0.3, -0.25) is 10.1 Å². The van der Waals surface area contributed by atoms with E-state index in [4.69, 9.17) is 5.73 Å². The molecule has 0 saturated carbocycles. The molecule has 0 radical (unpaired) electrons. The van der Waals surface area contributed by atoms with Crippen LogP contribution in [0.15, 0.2) is 12.5 Å². The zero-order valence-electron chi connectivity index (χ0n) is 8.52. The Morgan fingerprint density at radius 3 is 2.73 bits per heavy atom. The number of nitrogens with one attached hydrogen (secondary N) is 2. The van der Waals surface area contributed by atoms with Crippen LogP contribution in [0.25, 0.3) is 0 Å². The Balaban J connectivity index is 2.64. The molecule has 1 heterocycles. The normalized spacial score (nSPS) is 11.9. The Kier molecular flexibility index (Phi) is 3.27. The summed E-state index contributed by atoms with van der Waals surface area (Å²) in [6.45, 7) is 1.64. The number of urea groups is 1. The van der Waals surface area contributed by atoms with Crippen LogP contribution in [-0.2, 0) is 4.79 Å². The highest BCUT2D eigenvalue weighted by atomic mass is 16.2. The highest BCUT2D eigenvalue weighted by molar-refractivity contribution is 5.95. The Bertz CT molecular complexity index is 373. The summed E-state index contributed by atoms with van der Waals surface area (Å²) in [5.41, 5.74) is 5.40. The van der Waals surface area contributed by atoms with Crippen LogP contribution in [0.1, 0.15) is 13.0 Å². The van der Waals surface area contributed by atoms with Gasteiger partial charge in [0.05, 0.1) is 6.33 Å². The predicted molar refractivity (Wildman–Crippen MR) is 53.9 cm³/mol. The lowest BCUT2D eigenvalue weighted by Gasteiger charge is -2.11. The van der Waals surface area contributed by atoms with E-state index in [2.05, 4.69) is 15.6 Å². The van der Waals surface area contributed by atoms with Crippen LogP contribution in [-0.4, -0.2) is 28.5 Å². The molecule has 0 aromatic carbocycles. The molecule has 0 bridgehead atoms. The van der Waals surface area contributed by atoms with Crippen LogP contribution in [0.2, 0.25) is 0 Å². The van der Waals surface area contributed by atoms with Crippen molar-refractivity contribution in [3.05, 3.63) is 12.5 Å². The summed E-state index contributed by atoms with van der Waals surface area (Å²) in [5.74, 6) is -0.0960. The molecule has 0 aliphatic heterocycles. The first-order valence-corrected chi connectivity index (χ1v) is 4.36. The summed E-state index contributed by atoms with van der Waals surface area (Å²) in [7, 11) is 1.43. The van der Waals surface area contributed by atoms with Crippen molar-refractivity contribution >= 4 is 17.8 Å². The van der Waals surface area contributed by atoms with Crippen molar-refractivity contribution < 1.29 is 9.59 Å². The molecule has 82 valence electrons. The third-order valence-electron chi connectivity index (χ3n) is 1.91. The third kappa shape index (κ3) is 2.70. The molecule has 1 rings (SSSR count). The number of carbonyl (C=O) groups is 2. The van der Waals surface area contributed by atoms with Crippen molar-refractivity contribution in [2.24, 2.45) is 0 Å². The average Bonchev–Trinajstić information content (AvgIpc) is 2.63. The lowest BCUT2D eigenvalue weighted by molar-refractivity contribution is -0.122. The second kappa shape index (κ2) is 4.45. The average molecular weight is 211 g/mol. The minimum Gasteiger partial charge on any atom is -0.382 e. The van der Waals surface area contributed by atoms with Gasteiger partial charge in [-0.2, -0.15) is 0 Å². The second-order valence-corrected chi connectivity index (χ2v) is 2.99. The van der Waals surface area contributed by atoms with Crippen LogP contribution in [0.5, 0.6) is 0 Å². The first kappa shape index (κ1) is 11.0. The highest BCUT2D eigenvalue weighted by Crippen LogP contribution is 2.07. The molecule has 0 fully saturated rings. The van der Waals surface area contributed by atoms with Crippen LogP contribution in [0.4, 0.5) is 10.6 Å². The highest BCUT2D eigenvalue weighted by Gasteiger charge is 2.16. The molecule has 15 heavy (non-hydrogen) atoms. The molecule has 1 unspecified atom stereocenters. The van der Waals surface area contributed by atoms with Crippen LogP contribution in [0.3, 0.4) is 0 Å². The molecule has 1 aromatic heterocycles. The monoisotopic (exact) mass is 211 g/mol. The maximum Gasteiger partial charge on any atom is 0.321 e. The standard InChI is InChI=1S/C8H13N5O2/c1-5(7(14)12-8(15)10-2)13-3-6(9)11-4-13/h3-5H,9H2,1-2H3,(H2,10,12,14,15). The Labute approximate surface area is 86.7 Å². The summed E-state index contributed by atoms with van der Waals surface area (Å²) < 4.78 is 1.52. The van der Waals surface area contributed by atoms with Crippen molar-refractivity contribution in [2.75, 3.05) is 12.8 Å². The van der Waals surface area contributed by atoms with Crippen molar-refractivity contribution in [3.8, 4) is 0 Å². The van der Waals surface area contributed by atoms with E-state index in [0.717, 1.165) is 0 Å². The number of nitrogen functional groups attached to an aromatic ring is 1. The van der Waals surface area contributed by atoms with Gasteiger partial charge < -0.3 is 15.6 Å². The fourth-order valence-corrected chi connectivity index (χ4v) is 0.979. The fraction of sp³-hybridized carbons (Fsp3) is 0.375. The number of imidazole rings is 1. The number of hydrogen-bond acceptors (Lipinski definition) is 4. The zero-order chi connectivity index (χ0) is 11.4. The van der Waals surface area contributed by atoms with Gasteiger partial charge in [-0.05, 0) is 6.92 Å². The van der Waals surface area contributed by atoms with Gasteiger partial charge in [0.25, 0.3) is 5.91 Å². The number of rotatable bonds is 2. The number of imide groups is 1. The van der Waals surface area contributed by atoms with Crippen molar-refractivity contribution in [3.63, 3.8) is 0 Å². The number of hydrogen-bond donors (Lipinski definition) is 3. The number of amides is 3. The first-order valence-electron chi connectivity index (χ1n) is 4.36. The van der Waals surface area contributed by atoms with Gasteiger partial charge in [0.1, 0.15) is 11.9 Å². The van der Waals surface area contributed by atoms with Gasteiger partial charge >= 0.3 is 6.03 Å². The minimum absolute atomic E-state index is 0.328. The quantitative estimate of drug-likeness (QED) is 0.612. The van der Waals surface area contributed by atoms with Crippen LogP contribution in [0, 0.1) is 0 Å². The van der Waals surface area contributed by atoms with Crippen molar-refractivity contribution in [1.29, 1.82) is 0 Å². The maximum atomic E-state index is 11.5. The second-order valence-electron chi connectivity index (χ2n) is 2.99. The van der Waals surface area contributed by atoms with Gasteiger partial charge in [0.15, 0.2) is 0 Å². The SMILES string of the molecule is CNC(=O)NC(=O)C(C)n1cnc(N)c1. The van der Waals surface area contributed by atoms with Gasteiger partial charge in [0.2, 0.25) is 0 Å². The summed E-state index contributed by atoms with van der Waals surface area (Å²) in [4.78, 5) is 26.1. The van der Waals surface area contributed by atoms with Crippen molar-refractivity contribution in [1.82, 2.24) is 20.2 Å². The van der Waals surface area contributed by atoms with E-state index in [1.165, 1.54) is 24.1 Å². The Hall–Kier alpha value is -2.05. The van der Waals surface area contributed by atoms with E-state index in [0.29, 0.717) is 5.82 Å². The molecule has 7 nitrogen and oxygen atoms in total. The molecular weight excluding hydrogens is 198 g/mol. The van der Waals surface area contributed by atoms with E-state index in [9.17, 15) is 9.59 Å². The zero-order valence-corrected chi connectivity index (χ0v) is 8.52. The largest absolute Gasteiger partial charge is 0.382 e. The molecule has 7 heteroatoms. The van der Waals surface area contributed by atoms with Gasteiger partial charge in [0, 0.05) is 13.2 Å². The van der Waals surface area contributed by atoms with E-state index in [1.54, 1.807) is 6.92 Å². The number of nitrogens with two attached hydrogens (primary N) is 1. The summed E-state index contributed by atoms with van der Waals surface area (Å²) in [5, 5.41) is 4.45. The van der Waals surface area contributed by atoms with E-state index in [-0.39, 0.29) is 0 Å². The topological polar surface area (TPSA) is 102 Å². The molecule has 0 spiro atoms. The molecule has 3 amide bonds. The molecule has 4 N–H and O–H groups in total. The predicted octanol–water partition coefficient (Wildman–Crippen LogP) is -0.518. The molecule has 0 aliphatic rings. The van der Waals surface area contributed by atoms with Crippen molar-refractivity contribution in [2.45, 2.75) is 13.0 Å². The Morgan fingerprint density at radius 2 is 2.27 bits per heavy atom. The minimum atomic E-state index is -0.542. The molecule has 0 aliphatic carbocycles. The summed E-state index contributed by atoms with van der Waals surface area (Å²) >= 11 is 0. The Morgan fingerprint density at radius 1 is 1.60 bits per heavy atom. The van der Waals surface area contributed by atoms with Gasteiger partial charge in [-0.25, -0.2) is 9.78 Å². The van der Waals surface area contributed by atoms with Gasteiger partial charge in [-0.15, -0.1) is 0 Å². The maximum absolute atomic E-state index is 11.5. The van der Waals surface area contributed by atoms with E-state index < -0.39 is 18.0 Å². The summed E-state index contributed by atoms with van der Waals surface area (Å²) in [6, 6.07) is -1.08. The number of nitrogens with zero attached hydrogens (tertiary/aromatic N) is 2. The molecule has 0 saturated heterocycles.